The lowest BCUT2D eigenvalue weighted by atomic mass is 9.87. The number of nitrogens with two attached hydrogens (primary N) is 1. The Morgan fingerprint density at radius 1 is 1.41 bits per heavy atom. The summed E-state index contributed by atoms with van der Waals surface area (Å²) in [6.45, 7) is 6.10. The maximum Gasteiger partial charge on any atom is 0.244 e. The first-order valence-corrected chi connectivity index (χ1v) is 5.46. The minimum absolute atomic E-state index is 0.112. The van der Waals surface area contributed by atoms with E-state index >= 15 is 0 Å². The fourth-order valence-corrected chi connectivity index (χ4v) is 1.39. The summed E-state index contributed by atoms with van der Waals surface area (Å²) < 4.78 is 6.88. The van der Waals surface area contributed by atoms with Crippen molar-refractivity contribution >= 4 is 0 Å². The molecule has 2 heterocycles. The SMILES string of the molecule is Cn1cc(-c2noc([C@@H](N)C(C)(C)C)n2)cn1. The van der Waals surface area contributed by atoms with Crippen LogP contribution in [0.3, 0.4) is 0 Å². The summed E-state index contributed by atoms with van der Waals surface area (Å²) in [5.74, 6) is 0.976. The number of hydrogen-bond acceptors (Lipinski definition) is 5. The van der Waals surface area contributed by atoms with Gasteiger partial charge in [-0.15, -0.1) is 0 Å². The molecule has 0 saturated carbocycles. The van der Waals surface area contributed by atoms with Crippen LogP contribution in [0.15, 0.2) is 16.9 Å². The van der Waals surface area contributed by atoms with Crippen LogP contribution in [0.4, 0.5) is 0 Å². The molecule has 0 fully saturated rings. The van der Waals surface area contributed by atoms with E-state index in [1.54, 1.807) is 10.9 Å². The van der Waals surface area contributed by atoms with Crippen molar-refractivity contribution in [1.29, 1.82) is 0 Å². The van der Waals surface area contributed by atoms with E-state index in [9.17, 15) is 0 Å². The largest absolute Gasteiger partial charge is 0.337 e. The van der Waals surface area contributed by atoms with Crippen LogP contribution < -0.4 is 5.73 Å². The van der Waals surface area contributed by atoms with Gasteiger partial charge in [-0.3, -0.25) is 4.68 Å². The summed E-state index contributed by atoms with van der Waals surface area (Å²) in [7, 11) is 1.84. The van der Waals surface area contributed by atoms with Crippen LogP contribution in [0.1, 0.15) is 32.7 Å². The van der Waals surface area contributed by atoms with Gasteiger partial charge in [0.25, 0.3) is 0 Å². The first-order valence-electron chi connectivity index (χ1n) is 5.46. The highest BCUT2D eigenvalue weighted by Crippen LogP contribution is 2.30. The van der Waals surface area contributed by atoms with Gasteiger partial charge in [0.1, 0.15) is 0 Å². The Hall–Kier alpha value is -1.69. The third kappa shape index (κ3) is 2.36. The van der Waals surface area contributed by atoms with Crippen molar-refractivity contribution in [2.24, 2.45) is 18.2 Å². The Bertz CT molecular complexity index is 508. The Balaban J connectivity index is 2.28. The quantitative estimate of drug-likeness (QED) is 0.853. The molecule has 0 unspecified atom stereocenters. The van der Waals surface area contributed by atoms with Gasteiger partial charge in [-0.2, -0.15) is 10.1 Å². The monoisotopic (exact) mass is 235 g/mol. The molecule has 0 aliphatic rings. The van der Waals surface area contributed by atoms with E-state index in [2.05, 4.69) is 15.2 Å². The van der Waals surface area contributed by atoms with Gasteiger partial charge in [-0.25, -0.2) is 0 Å². The molecule has 0 aliphatic carbocycles. The molecule has 6 heteroatoms. The third-order valence-electron chi connectivity index (χ3n) is 2.60. The number of aryl methyl sites for hydroxylation is 1. The molecular weight excluding hydrogens is 218 g/mol. The Morgan fingerprint density at radius 2 is 2.12 bits per heavy atom. The minimum atomic E-state index is -0.277. The Labute approximate surface area is 99.8 Å². The third-order valence-corrected chi connectivity index (χ3v) is 2.60. The fraction of sp³-hybridized carbons (Fsp3) is 0.545. The van der Waals surface area contributed by atoms with E-state index < -0.39 is 0 Å². The maximum atomic E-state index is 6.05. The second-order valence-corrected chi connectivity index (χ2v) is 5.20. The minimum Gasteiger partial charge on any atom is -0.337 e. The number of aromatic nitrogens is 4. The molecular formula is C11H17N5O. The predicted octanol–water partition coefficient (Wildman–Crippen LogP) is 1.52. The lowest BCUT2D eigenvalue weighted by Crippen LogP contribution is -2.26. The zero-order valence-electron chi connectivity index (χ0n) is 10.5. The first kappa shape index (κ1) is 11.8. The van der Waals surface area contributed by atoms with E-state index in [4.69, 9.17) is 10.3 Å². The highest BCUT2D eigenvalue weighted by molar-refractivity contribution is 5.51. The zero-order chi connectivity index (χ0) is 12.6. The van der Waals surface area contributed by atoms with Gasteiger partial charge in [0.15, 0.2) is 0 Å². The van der Waals surface area contributed by atoms with Crippen molar-refractivity contribution in [1.82, 2.24) is 19.9 Å². The Morgan fingerprint density at radius 3 is 2.65 bits per heavy atom. The van der Waals surface area contributed by atoms with Gasteiger partial charge in [0.2, 0.25) is 11.7 Å². The molecule has 2 aromatic heterocycles. The van der Waals surface area contributed by atoms with Crippen molar-refractivity contribution in [3.8, 4) is 11.4 Å². The van der Waals surface area contributed by atoms with E-state index in [0.29, 0.717) is 11.7 Å². The smallest absolute Gasteiger partial charge is 0.244 e. The predicted molar refractivity (Wildman–Crippen MR) is 62.9 cm³/mol. The summed E-state index contributed by atoms with van der Waals surface area (Å²) in [5.41, 5.74) is 6.76. The molecule has 0 bridgehead atoms. The summed E-state index contributed by atoms with van der Waals surface area (Å²) in [6.07, 6.45) is 3.52. The average Bonchev–Trinajstić information content (AvgIpc) is 2.83. The summed E-state index contributed by atoms with van der Waals surface area (Å²) in [6, 6.07) is -0.277. The van der Waals surface area contributed by atoms with E-state index in [-0.39, 0.29) is 11.5 Å². The standard InChI is InChI=1S/C11H17N5O/c1-11(2,3)8(12)10-14-9(15-17-10)7-5-13-16(4)6-7/h5-6,8H,12H2,1-4H3/t8-/m1/s1. The molecule has 2 aromatic rings. The molecule has 6 nitrogen and oxygen atoms in total. The Kier molecular flexibility index (Phi) is 2.74. The van der Waals surface area contributed by atoms with Crippen LogP contribution in [0.25, 0.3) is 11.4 Å². The lowest BCUT2D eigenvalue weighted by molar-refractivity contribution is 0.253. The number of rotatable bonds is 2. The van der Waals surface area contributed by atoms with Gasteiger partial charge in [0.05, 0.1) is 17.8 Å². The van der Waals surface area contributed by atoms with Crippen molar-refractivity contribution in [2.75, 3.05) is 0 Å². The average molecular weight is 235 g/mol. The maximum absolute atomic E-state index is 6.05. The highest BCUT2D eigenvalue weighted by Gasteiger charge is 2.27. The fourth-order valence-electron chi connectivity index (χ4n) is 1.39. The van der Waals surface area contributed by atoms with Crippen LogP contribution in [0.5, 0.6) is 0 Å². The van der Waals surface area contributed by atoms with Gasteiger partial charge in [-0.05, 0) is 5.41 Å². The zero-order valence-corrected chi connectivity index (χ0v) is 10.5. The van der Waals surface area contributed by atoms with Crippen LogP contribution in [0, 0.1) is 5.41 Å². The summed E-state index contributed by atoms with van der Waals surface area (Å²) >= 11 is 0. The second-order valence-electron chi connectivity index (χ2n) is 5.20. The summed E-state index contributed by atoms with van der Waals surface area (Å²) in [5, 5.41) is 7.97. The van der Waals surface area contributed by atoms with Crippen LogP contribution in [-0.4, -0.2) is 19.9 Å². The first-order chi connectivity index (χ1) is 7.88. The van der Waals surface area contributed by atoms with E-state index in [0.717, 1.165) is 5.56 Å². The van der Waals surface area contributed by atoms with Crippen LogP contribution in [-0.2, 0) is 7.05 Å². The topological polar surface area (TPSA) is 82.8 Å². The molecule has 0 spiro atoms. The molecule has 0 saturated heterocycles. The molecule has 92 valence electrons. The van der Waals surface area contributed by atoms with Gasteiger partial charge >= 0.3 is 0 Å². The van der Waals surface area contributed by atoms with Crippen molar-refractivity contribution < 1.29 is 4.52 Å². The van der Waals surface area contributed by atoms with E-state index in [1.807, 2.05) is 34.0 Å². The molecule has 2 N–H and O–H groups in total. The molecule has 0 aromatic carbocycles. The van der Waals surface area contributed by atoms with Crippen molar-refractivity contribution in [3.05, 3.63) is 18.3 Å². The van der Waals surface area contributed by atoms with Crippen LogP contribution >= 0.6 is 0 Å². The highest BCUT2D eigenvalue weighted by atomic mass is 16.5. The summed E-state index contributed by atoms with van der Waals surface area (Å²) in [4.78, 5) is 4.30. The van der Waals surface area contributed by atoms with Gasteiger partial charge in [-0.1, -0.05) is 25.9 Å². The lowest BCUT2D eigenvalue weighted by Gasteiger charge is -2.23. The number of hydrogen-bond donors (Lipinski definition) is 1. The molecule has 0 amide bonds. The molecule has 17 heavy (non-hydrogen) atoms. The van der Waals surface area contributed by atoms with Crippen molar-refractivity contribution in [3.63, 3.8) is 0 Å². The van der Waals surface area contributed by atoms with Crippen LogP contribution in [0.2, 0.25) is 0 Å². The molecule has 1 atom stereocenters. The van der Waals surface area contributed by atoms with Crippen molar-refractivity contribution in [2.45, 2.75) is 26.8 Å². The molecule has 0 aliphatic heterocycles. The van der Waals surface area contributed by atoms with Gasteiger partial charge < -0.3 is 10.3 Å². The normalized spacial score (nSPS) is 13.9. The second kappa shape index (κ2) is 3.96. The molecule has 2 rings (SSSR count). The number of nitrogens with zero attached hydrogens (tertiary/aromatic N) is 4. The molecule has 0 radical (unpaired) electrons. The van der Waals surface area contributed by atoms with E-state index in [1.165, 1.54) is 0 Å². The van der Waals surface area contributed by atoms with Gasteiger partial charge in [0, 0.05) is 13.2 Å².